The van der Waals surface area contributed by atoms with Crippen LogP contribution in [0.4, 0.5) is 0 Å². The lowest BCUT2D eigenvalue weighted by molar-refractivity contribution is 0.320. The predicted octanol–water partition coefficient (Wildman–Crippen LogP) is 1.80. The number of nitrogens with two attached hydrogens (primary N) is 2. The van der Waals surface area contributed by atoms with Crippen molar-refractivity contribution in [3.8, 4) is 0 Å². The lowest BCUT2D eigenvalue weighted by Gasteiger charge is -2.39. The molecule has 1 heterocycles. The molecule has 1 aromatic carbocycles. The summed E-state index contributed by atoms with van der Waals surface area (Å²) in [5.74, 6) is 0. The van der Waals surface area contributed by atoms with Gasteiger partial charge in [-0.1, -0.05) is 31.4 Å². The van der Waals surface area contributed by atoms with Crippen LogP contribution < -0.4 is 11.5 Å². The van der Waals surface area contributed by atoms with E-state index >= 15 is 0 Å². The van der Waals surface area contributed by atoms with Gasteiger partial charge in [0, 0.05) is 30.8 Å². The Bertz CT molecular complexity index is 610. The van der Waals surface area contributed by atoms with Gasteiger partial charge in [-0.3, -0.25) is 0 Å². The number of allylic oxidation sites excluding steroid dienone is 2. The number of hydrogen-bond acceptors (Lipinski definition) is 3. The third-order valence-electron chi connectivity index (χ3n) is 4.07. The molecule has 0 spiro atoms. The van der Waals surface area contributed by atoms with E-state index in [4.69, 9.17) is 11.5 Å². The molecule has 0 saturated heterocycles. The van der Waals surface area contributed by atoms with E-state index in [9.17, 15) is 0 Å². The van der Waals surface area contributed by atoms with Crippen molar-refractivity contribution in [1.82, 2.24) is 4.90 Å². The van der Waals surface area contributed by atoms with E-state index in [1.54, 1.807) is 0 Å². The largest absolute Gasteiger partial charge is 0.397 e. The van der Waals surface area contributed by atoms with Crippen molar-refractivity contribution in [3.63, 3.8) is 0 Å². The molecule has 0 atom stereocenters. The third kappa shape index (κ3) is 1.78. The van der Waals surface area contributed by atoms with Crippen LogP contribution in [0.15, 0.2) is 53.9 Å². The van der Waals surface area contributed by atoms with Gasteiger partial charge in [-0.2, -0.15) is 0 Å². The highest BCUT2D eigenvalue weighted by Gasteiger charge is 2.30. The predicted molar refractivity (Wildman–Crippen MR) is 77.9 cm³/mol. The first-order valence-electron chi connectivity index (χ1n) is 6.56. The highest BCUT2D eigenvalue weighted by molar-refractivity contribution is 5.65. The Balaban J connectivity index is 1.90. The first kappa shape index (κ1) is 12.1. The van der Waals surface area contributed by atoms with Crippen molar-refractivity contribution >= 4 is 0 Å². The lowest BCUT2D eigenvalue weighted by Crippen LogP contribution is -2.37. The minimum absolute atomic E-state index is 0.585. The highest BCUT2D eigenvalue weighted by atomic mass is 15.2. The van der Waals surface area contributed by atoms with Gasteiger partial charge < -0.3 is 16.4 Å². The van der Waals surface area contributed by atoms with Gasteiger partial charge in [-0.05, 0) is 23.1 Å². The summed E-state index contributed by atoms with van der Waals surface area (Å²) >= 11 is 0. The summed E-state index contributed by atoms with van der Waals surface area (Å²) < 4.78 is 0. The lowest BCUT2D eigenvalue weighted by atomic mass is 9.87. The molecule has 0 bridgehead atoms. The third-order valence-corrected chi connectivity index (χ3v) is 4.07. The average Bonchev–Trinajstić information content (AvgIpc) is 2.46. The van der Waals surface area contributed by atoms with Crippen LogP contribution in [0.1, 0.15) is 16.7 Å². The van der Waals surface area contributed by atoms with Crippen molar-refractivity contribution < 1.29 is 0 Å². The van der Waals surface area contributed by atoms with Gasteiger partial charge in [0.25, 0.3) is 0 Å². The Morgan fingerprint density at radius 1 is 1.16 bits per heavy atom. The standard InChI is InChI=1S/C16H19N3/c1-10-11(2)16(15(10)18)19-6-5-13-4-3-12(8-17)7-14(13)9-19/h3-4,7H,1-2,5-6,8-9,17-18H2. The molecule has 3 rings (SSSR count). The fraction of sp³-hybridized carbons (Fsp3) is 0.250. The maximum atomic E-state index is 6.02. The van der Waals surface area contributed by atoms with Gasteiger partial charge in [-0.25, -0.2) is 0 Å². The Hall–Kier alpha value is -2.00. The van der Waals surface area contributed by atoms with Gasteiger partial charge in [0.1, 0.15) is 0 Å². The molecule has 0 aromatic heterocycles. The van der Waals surface area contributed by atoms with Gasteiger partial charge >= 0.3 is 0 Å². The molecule has 0 amide bonds. The monoisotopic (exact) mass is 253 g/mol. The zero-order valence-corrected chi connectivity index (χ0v) is 11.1. The molecule has 0 unspecified atom stereocenters. The topological polar surface area (TPSA) is 55.3 Å². The molecular weight excluding hydrogens is 234 g/mol. The molecule has 19 heavy (non-hydrogen) atoms. The minimum atomic E-state index is 0.585. The average molecular weight is 253 g/mol. The maximum absolute atomic E-state index is 6.02. The summed E-state index contributed by atoms with van der Waals surface area (Å²) in [7, 11) is 0. The first-order chi connectivity index (χ1) is 9.11. The minimum Gasteiger partial charge on any atom is -0.397 e. The van der Waals surface area contributed by atoms with Crippen molar-refractivity contribution in [3.05, 3.63) is 70.6 Å². The van der Waals surface area contributed by atoms with Crippen LogP contribution in [-0.2, 0) is 19.5 Å². The van der Waals surface area contributed by atoms with Gasteiger partial charge in [0.05, 0.1) is 11.4 Å². The number of hydrogen-bond donors (Lipinski definition) is 2. The molecule has 4 N–H and O–H groups in total. The fourth-order valence-corrected chi connectivity index (χ4v) is 2.84. The van der Waals surface area contributed by atoms with Crippen molar-refractivity contribution in [2.75, 3.05) is 6.54 Å². The first-order valence-corrected chi connectivity index (χ1v) is 6.56. The van der Waals surface area contributed by atoms with Crippen LogP contribution >= 0.6 is 0 Å². The zero-order chi connectivity index (χ0) is 13.6. The maximum Gasteiger partial charge on any atom is 0.0683 e. The molecular formula is C16H19N3. The molecule has 1 aliphatic heterocycles. The number of nitrogens with zero attached hydrogens (tertiary/aromatic N) is 1. The molecule has 1 aliphatic carbocycles. The van der Waals surface area contributed by atoms with Crippen LogP contribution in [0.2, 0.25) is 0 Å². The Labute approximate surface area is 113 Å². The van der Waals surface area contributed by atoms with E-state index in [1.165, 1.54) is 16.7 Å². The second-order valence-electron chi connectivity index (χ2n) is 5.20. The van der Waals surface area contributed by atoms with Gasteiger partial charge in [-0.15, -0.1) is 0 Å². The number of fused-ring (bicyclic) bond motifs is 1. The van der Waals surface area contributed by atoms with Crippen LogP contribution in [0, 0.1) is 0 Å². The van der Waals surface area contributed by atoms with Crippen LogP contribution in [0.3, 0.4) is 0 Å². The summed E-state index contributed by atoms with van der Waals surface area (Å²) in [6.45, 7) is 10.4. The summed E-state index contributed by atoms with van der Waals surface area (Å²) in [6, 6.07) is 6.52. The van der Waals surface area contributed by atoms with E-state index in [1.807, 2.05) is 0 Å². The zero-order valence-electron chi connectivity index (χ0n) is 11.1. The van der Waals surface area contributed by atoms with Crippen molar-refractivity contribution in [2.24, 2.45) is 11.5 Å². The second kappa shape index (κ2) is 4.28. The molecule has 0 saturated carbocycles. The van der Waals surface area contributed by atoms with Gasteiger partial charge in [0.2, 0.25) is 0 Å². The highest BCUT2D eigenvalue weighted by Crippen LogP contribution is 2.38. The number of benzene rings is 1. The normalized spacial score (nSPS) is 18.5. The van der Waals surface area contributed by atoms with Crippen LogP contribution in [0.5, 0.6) is 0 Å². The molecule has 2 aliphatic rings. The van der Waals surface area contributed by atoms with Crippen molar-refractivity contribution in [2.45, 2.75) is 19.5 Å². The van der Waals surface area contributed by atoms with Crippen LogP contribution in [0.25, 0.3) is 0 Å². The molecule has 98 valence electrons. The molecule has 3 heteroatoms. The Morgan fingerprint density at radius 3 is 2.63 bits per heavy atom. The summed E-state index contributed by atoms with van der Waals surface area (Å²) in [5, 5.41) is 0. The SMILES string of the molecule is C=C1C(=C)C(N2CCc3ccc(CN)cc3C2)=C1N. The molecule has 0 fully saturated rings. The summed E-state index contributed by atoms with van der Waals surface area (Å²) in [4.78, 5) is 2.30. The molecule has 3 nitrogen and oxygen atoms in total. The van der Waals surface area contributed by atoms with E-state index in [-0.39, 0.29) is 0 Å². The van der Waals surface area contributed by atoms with E-state index in [2.05, 4.69) is 36.3 Å². The van der Waals surface area contributed by atoms with Crippen molar-refractivity contribution in [1.29, 1.82) is 0 Å². The van der Waals surface area contributed by atoms with E-state index in [0.29, 0.717) is 6.54 Å². The Morgan fingerprint density at radius 2 is 1.95 bits per heavy atom. The molecule has 0 radical (unpaired) electrons. The Kier molecular flexibility index (Phi) is 2.72. The quantitative estimate of drug-likeness (QED) is 0.845. The van der Waals surface area contributed by atoms with E-state index in [0.717, 1.165) is 42.1 Å². The second-order valence-corrected chi connectivity index (χ2v) is 5.20. The van der Waals surface area contributed by atoms with Gasteiger partial charge in [0.15, 0.2) is 0 Å². The number of rotatable bonds is 2. The van der Waals surface area contributed by atoms with Crippen LogP contribution in [-0.4, -0.2) is 11.4 Å². The smallest absolute Gasteiger partial charge is 0.0683 e. The summed E-state index contributed by atoms with van der Waals surface area (Å²) in [5.41, 5.74) is 19.4. The van der Waals surface area contributed by atoms with E-state index < -0.39 is 0 Å². The fourth-order valence-electron chi connectivity index (χ4n) is 2.84. The molecule has 1 aromatic rings. The summed E-state index contributed by atoms with van der Waals surface area (Å²) in [6.07, 6.45) is 1.04.